The number of hydrogen-bond donors (Lipinski definition) is 1. The Labute approximate surface area is 62.3 Å². The predicted octanol–water partition coefficient (Wildman–Crippen LogP) is 1.50. The van der Waals surface area contributed by atoms with Crippen LogP contribution in [-0.4, -0.2) is 6.04 Å². The highest BCUT2D eigenvalue weighted by molar-refractivity contribution is 5.26. The molecular formula is C9H11N. The Bertz CT molecular complexity index is 235. The van der Waals surface area contributed by atoms with Crippen molar-refractivity contribution in [2.75, 3.05) is 0 Å². The summed E-state index contributed by atoms with van der Waals surface area (Å²) in [6.45, 7) is 0. The van der Waals surface area contributed by atoms with Crippen molar-refractivity contribution in [3.8, 4) is 0 Å². The molecule has 1 saturated carbocycles. The molecule has 0 bridgehead atoms. The molecule has 1 aromatic rings. The maximum absolute atomic E-state index is 6.95. The molecule has 0 unspecified atom stereocenters. The van der Waals surface area contributed by atoms with Gasteiger partial charge in [-0.2, -0.15) is 0 Å². The molecule has 1 aromatic carbocycles. The van der Waals surface area contributed by atoms with E-state index in [1.54, 1.807) is 0 Å². The normalized spacial score (nSPS) is 31.4. The van der Waals surface area contributed by atoms with Crippen molar-refractivity contribution in [2.24, 2.45) is 5.73 Å². The van der Waals surface area contributed by atoms with E-state index in [0.717, 1.165) is 6.42 Å². The first kappa shape index (κ1) is 4.91. The summed E-state index contributed by atoms with van der Waals surface area (Å²) in [5.74, 6) is 0.591. The second-order valence-electron chi connectivity index (χ2n) is 2.86. The Kier molecular flexibility index (Phi) is 1.03. The van der Waals surface area contributed by atoms with Crippen molar-refractivity contribution in [1.82, 2.24) is 0 Å². The predicted molar refractivity (Wildman–Crippen MR) is 41.8 cm³/mol. The highest BCUT2D eigenvalue weighted by Gasteiger charge is 2.34. The molecule has 1 heteroatoms. The maximum atomic E-state index is 6.95. The first-order chi connectivity index (χ1) is 5.42. The number of benzene rings is 1. The highest BCUT2D eigenvalue weighted by atomic mass is 14.7. The number of nitrogens with two attached hydrogens (primary N) is 1. The Morgan fingerprint density at radius 1 is 1.40 bits per heavy atom. The Morgan fingerprint density at radius 2 is 2.20 bits per heavy atom. The van der Waals surface area contributed by atoms with E-state index in [4.69, 9.17) is 1.41 Å². The summed E-state index contributed by atoms with van der Waals surface area (Å²) < 4.78 is 6.95. The standard InChI is InChI=1S/C9H11N/c10-9-6-8(9)7-4-2-1-3-5-7/h1-5,8-9H,6,10H2/t8-,9+/m0/s1/i/hD. The Morgan fingerprint density at radius 3 is 2.80 bits per heavy atom. The van der Waals surface area contributed by atoms with E-state index >= 15 is 0 Å². The van der Waals surface area contributed by atoms with E-state index in [2.05, 4.69) is 30.0 Å². The first-order valence-corrected chi connectivity index (χ1v) is 3.64. The lowest BCUT2D eigenvalue weighted by Gasteiger charge is -1.94. The van der Waals surface area contributed by atoms with Gasteiger partial charge in [0.2, 0.25) is 0 Å². The summed E-state index contributed by atoms with van der Waals surface area (Å²) in [6.07, 6.45) is 1.12. The van der Waals surface area contributed by atoms with E-state index in [0.29, 0.717) is 12.0 Å². The third-order valence-electron chi connectivity index (χ3n) is 2.02. The average Bonchev–Trinajstić information content (AvgIpc) is 2.85. The van der Waals surface area contributed by atoms with Crippen LogP contribution in [0.5, 0.6) is 0 Å². The van der Waals surface area contributed by atoms with Crippen LogP contribution in [-0.2, 0) is 0 Å². The second-order valence-corrected chi connectivity index (χ2v) is 2.86. The highest BCUT2D eigenvalue weighted by Crippen LogP contribution is 2.38. The van der Waals surface area contributed by atoms with Gasteiger partial charge in [0.15, 0.2) is 0 Å². The first-order valence-electron chi connectivity index (χ1n) is 4.14. The van der Waals surface area contributed by atoms with Gasteiger partial charge in [0.1, 0.15) is 1.41 Å². The fourth-order valence-corrected chi connectivity index (χ4v) is 1.26. The van der Waals surface area contributed by atoms with Crippen molar-refractivity contribution < 1.29 is 1.41 Å². The van der Waals surface area contributed by atoms with Crippen LogP contribution in [0, 0.1) is 0 Å². The van der Waals surface area contributed by atoms with Crippen molar-refractivity contribution in [3.05, 3.63) is 35.9 Å². The molecule has 1 fully saturated rings. The maximum Gasteiger partial charge on any atom is 0.119 e. The molecule has 2 N–H and O–H groups in total. The summed E-state index contributed by atoms with van der Waals surface area (Å²) in [5.41, 5.74) is 3.90. The molecule has 0 aromatic heterocycles. The van der Waals surface area contributed by atoms with Crippen LogP contribution in [0.3, 0.4) is 0 Å². The lowest BCUT2D eigenvalue weighted by molar-refractivity contribution is 0.991. The largest absolute Gasteiger partial charge is 0.327 e. The van der Waals surface area contributed by atoms with Gasteiger partial charge < -0.3 is 5.73 Å². The van der Waals surface area contributed by atoms with E-state index in [9.17, 15) is 0 Å². The third kappa shape index (κ3) is 0.929. The van der Waals surface area contributed by atoms with E-state index in [-0.39, 0.29) is 0 Å². The van der Waals surface area contributed by atoms with Gasteiger partial charge in [0, 0.05) is 12.0 Å². The summed E-state index contributed by atoms with van der Waals surface area (Å²) >= 11 is 0. The second kappa shape index (κ2) is 2.10. The molecular weight excluding hydrogens is 122 g/mol. The molecule has 1 aliphatic carbocycles. The fraction of sp³-hybridized carbons (Fsp3) is 0.333. The minimum Gasteiger partial charge on any atom is -0.327 e. The van der Waals surface area contributed by atoms with Crippen LogP contribution in [0.2, 0.25) is 1.41 Å². The Hall–Kier alpha value is -0.820. The smallest absolute Gasteiger partial charge is 0.119 e. The molecule has 0 aliphatic heterocycles. The zero-order valence-electron chi connectivity index (χ0n) is 6.75. The monoisotopic (exact) mass is 134 g/mol. The van der Waals surface area contributed by atoms with Gasteiger partial charge in [-0.05, 0) is 12.0 Å². The van der Waals surface area contributed by atoms with Crippen LogP contribution in [0.15, 0.2) is 30.3 Å². The van der Waals surface area contributed by atoms with Gasteiger partial charge >= 0.3 is 0 Å². The minimum absolute atomic E-state index is 0.400. The van der Waals surface area contributed by atoms with E-state index in [1.807, 2.05) is 6.07 Å². The van der Waals surface area contributed by atoms with Gasteiger partial charge in [0.25, 0.3) is 0 Å². The quantitative estimate of drug-likeness (QED) is 0.651. The summed E-state index contributed by atoms with van der Waals surface area (Å²) in [4.78, 5) is 0. The van der Waals surface area contributed by atoms with Gasteiger partial charge in [-0.3, -0.25) is 0 Å². The van der Waals surface area contributed by atoms with Crippen LogP contribution >= 0.6 is 0 Å². The zero-order valence-corrected chi connectivity index (χ0v) is 5.75. The number of rotatable bonds is 2. The van der Waals surface area contributed by atoms with Crippen LogP contribution in [0.4, 0.5) is 0 Å². The van der Waals surface area contributed by atoms with Gasteiger partial charge in [0.05, 0.1) is 0 Å². The third-order valence-corrected chi connectivity index (χ3v) is 2.02. The molecule has 0 saturated heterocycles. The van der Waals surface area contributed by atoms with Crippen molar-refractivity contribution in [1.29, 1.82) is 0 Å². The molecule has 2 atom stereocenters. The summed E-state index contributed by atoms with van der Waals surface area (Å²) in [7, 11) is 0. The lowest BCUT2D eigenvalue weighted by Crippen LogP contribution is -2.00. The van der Waals surface area contributed by atoms with Gasteiger partial charge in [-0.25, -0.2) is 0 Å². The summed E-state index contributed by atoms with van der Waals surface area (Å²) in [5, 5.41) is 0. The zero-order chi connectivity index (χ0) is 7.68. The average molecular weight is 134 g/mol. The minimum atomic E-state index is 0.400. The Balaban J connectivity index is 2.09. The molecule has 52 valence electrons. The van der Waals surface area contributed by atoms with Crippen LogP contribution < -0.4 is 5.73 Å². The van der Waals surface area contributed by atoms with Crippen molar-refractivity contribution in [2.45, 2.75) is 18.4 Å². The molecule has 10 heavy (non-hydrogen) atoms. The molecule has 0 spiro atoms. The van der Waals surface area contributed by atoms with E-state index in [1.165, 1.54) is 5.56 Å². The SMILES string of the molecule is [2H]N[C@@H]1C[C@H]1c1ccccc1. The summed E-state index contributed by atoms with van der Waals surface area (Å²) in [6, 6.07) is 10.8. The van der Waals surface area contributed by atoms with Crippen LogP contribution in [0.25, 0.3) is 0 Å². The van der Waals surface area contributed by atoms with Gasteiger partial charge in [-0.15, -0.1) is 0 Å². The fourth-order valence-electron chi connectivity index (χ4n) is 1.26. The molecule has 0 radical (unpaired) electrons. The van der Waals surface area contributed by atoms with Crippen molar-refractivity contribution in [3.63, 3.8) is 0 Å². The van der Waals surface area contributed by atoms with Crippen LogP contribution in [0.1, 0.15) is 17.9 Å². The molecule has 0 amide bonds. The molecule has 1 nitrogen and oxygen atoms in total. The van der Waals surface area contributed by atoms with Gasteiger partial charge in [-0.1, -0.05) is 30.3 Å². The number of hydrogen-bond acceptors (Lipinski definition) is 1. The molecule has 0 heterocycles. The topological polar surface area (TPSA) is 26.0 Å². The molecule has 2 rings (SSSR count). The molecule has 1 aliphatic rings. The van der Waals surface area contributed by atoms with Crippen molar-refractivity contribution >= 4 is 0 Å². The van der Waals surface area contributed by atoms with E-state index < -0.39 is 0 Å². The lowest BCUT2D eigenvalue weighted by atomic mass is 10.1.